The Labute approximate surface area is 225 Å². The molecule has 3 aromatic carbocycles. The van der Waals surface area contributed by atoms with Crippen LogP contribution in [0.15, 0.2) is 78.0 Å². The summed E-state index contributed by atoms with van der Waals surface area (Å²) in [6, 6.07) is 22.3. The summed E-state index contributed by atoms with van der Waals surface area (Å²) >= 11 is 0. The number of hydrogen-bond acceptors (Lipinski definition) is 7. The minimum atomic E-state index is -1.29. The van der Waals surface area contributed by atoms with Crippen molar-refractivity contribution in [1.29, 1.82) is 5.26 Å². The Kier molecular flexibility index (Phi) is 11.2. The molecule has 7 nitrogen and oxygen atoms in total. The molecule has 0 aliphatic carbocycles. The quantitative estimate of drug-likeness (QED) is 0.224. The number of aliphatic carboxylic acids is 1. The Bertz CT molecular complexity index is 1180. The number of carboxylic acids is 1. The number of rotatable bonds is 11. The zero-order chi connectivity index (χ0) is 24.3. The van der Waals surface area contributed by atoms with E-state index in [0.717, 1.165) is 5.56 Å². The molecule has 0 fully saturated rings. The average molecular weight is 484 g/mol. The minimum absolute atomic E-state index is 0. The summed E-state index contributed by atoms with van der Waals surface area (Å²) in [6.07, 6.45) is -0.380. The monoisotopic (exact) mass is 484 g/mol. The fourth-order valence-corrected chi connectivity index (χ4v) is 3.17. The molecule has 9 heteroatoms. The standard InChI is InChI=1S/C26H23FN2O5.Na/c1-32-29-24(20-5-3-2-4-6-20)17-34-25-12-7-18(13-23(25)27)16-33-22-10-8-19(9-11-22)21(15-28)14-26(30)31;/h2-13,21H,14,16-17H2,1H3,(H,30,31);/q;+1/p-1. The number of carboxylic acid groups (broad SMARTS) is 1. The van der Waals surface area contributed by atoms with Crippen LogP contribution in [0, 0.1) is 17.1 Å². The summed E-state index contributed by atoms with van der Waals surface area (Å²) in [5.41, 5.74) is 2.48. The van der Waals surface area contributed by atoms with E-state index in [1.54, 1.807) is 30.3 Å². The van der Waals surface area contributed by atoms with E-state index in [-0.39, 0.29) is 54.9 Å². The summed E-state index contributed by atoms with van der Waals surface area (Å²) in [5, 5.41) is 23.8. The van der Waals surface area contributed by atoms with Gasteiger partial charge in [0.15, 0.2) is 11.6 Å². The molecule has 35 heavy (non-hydrogen) atoms. The number of benzene rings is 3. The van der Waals surface area contributed by atoms with Crippen molar-refractivity contribution in [1.82, 2.24) is 0 Å². The van der Waals surface area contributed by atoms with Gasteiger partial charge >= 0.3 is 29.6 Å². The van der Waals surface area contributed by atoms with Gasteiger partial charge < -0.3 is 24.2 Å². The molecule has 1 atom stereocenters. The molecule has 1 unspecified atom stereocenters. The third-order valence-electron chi connectivity index (χ3n) is 4.88. The van der Waals surface area contributed by atoms with Gasteiger partial charge in [-0.1, -0.05) is 53.7 Å². The van der Waals surface area contributed by atoms with Gasteiger partial charge in [-0.15, -0.1) is 0 Å². The van der Waals surface area contributed by atoms with Gasteiger partial charge in [0, 0.05) is 18.0 Å². The van der Waals surface area contributed by atoms with Crippen molar-refractivity contribution in [3.05, 3.63) is 95.3 Å². The van der Waals surface area contributed by atoms with Crippen molar-refractivity contribution in [3.8, 4) is 17.6 Å². The number of ether oxygens (including phenoxy) is 2. The van der Waals surface area contributed by atoms with E-state index in [1.165, 1.54) is 19.2 Å². The molecule has 0 aliphatic rings. The number of carbonyl (C=O) groups is 1. The number of oxime groups is 1. The molecule has 0 saturated carbocycles. The van der Waals surface area contributed by atoms with Crippen molar-refractivity contribution in [2.24, 2.45) is 5.16 Å². The largest absolute Gasteiger partial charge is 1.00 e. The predicted octanol–water partition coefficient (Wildman–Crippen LogP) is 0.585. The molecule has 0 radical (unpaired) electrons. The number of halogens is 1. The van der Waals surface area contributed by atoms with Crippen LogP contribution in [0.1, 0.15) is 29.0 Å². The molecule has 0 spiro atoms. The Hall–Kier alpha value is -3.38. The topological polar surface area (TPSA) is 104 Å². The Balaban J connectivity index is 0.00000432. The van der Waals surface area contributed by atoms with E-state index in [1.807, 2.05) is 36.4 Å². The maximum absolute atomic E-state index is 14.6. The fraction of sp³-hybridized carbons (Fsp3) is 0.192. The van der Waals surface area contributed by atoms with Gasteiger partial charge in [-0.3, -0.25) is 0 Å². The van der Waals surface area contributed by atoms with Crippen LogP contribution in [-0.2, 0) is 16.2 Å². The molecule has 0 bridgehead atoms. The minimum Gasteiger partial charge on any atom is -0.550 e. The number of carbonyl (C=O) groups excluding carboxylic acids is 1. The molecule has 0 aliphatic heterocycles. The van der Waals surface area contributed by atoms with Gasteiger partial charge in [-0.25, -0.2) is 4.39 Å². The van der Waals surface area contributed by atoms with Crippen LogP contribution in [0.4, 0.5) is 4.39 Å². The van der Waals surface area contributed by atoms with Crippen LogP contribution in [-0.4, -0.2) is 25.4 Å². The zero-order valence-corrected chi connectivity index (χ0v) is 21.4. The van der Waals surface area contributed by atoms with Crippen molar-refractivity contribution >= 4 is 11.7 Å². The molecule has 3 rings (SSSR count). The van der Waals surface area contributed by atoms with E-state index in [2.05, 4.69) is 5.16 Å². The number of nitrogens with zero attached hydrogens (tertiary/aromatic N) is 2. The number of nitriles is 1. The number of hydrogen-bond donors (Lipinski definition) is 0. The molecular weight excluding hydrogens is 462 g/mol. The maximum atomic E-state index is 14.6. The van der Waals surface area contributed by atoms with Crippen LogP contribution < -0.4 is 44.1 Å². The normalized spacial score (nSPS) is 11.5. The van der Waals surface area contributed by atoms with Crippen LogP contribution in [0.25, 0.3) is 0 Å². The summed E-state index contributed by atoms with van der Waals surface area (Å²) in [6.45, 7) is 0.135. The molecule has 174 valence electrons. The average Bonchev–Trinajstić information content (AvgIpc) is 2.85. The van der Waals surface area contributed by atoms with Crippen LogP contribution in [0.2, 0.25) is 0 Å². The first kappa shape index (κ1) is 27.9. The Morgan fingerprint density at radius 1 is 1.09 bits per heavy atom. The first-order valence-electron chi connectivity index (χ1n) is 10.4. The summed E-state index contributed by atoms with van der Waals surface area (Å²) < 4.78 is 25.8. The molecule has 0 aromatic heterocycles. The van der Waals surface area contributed by atoms with Crippen LogP contribution in [0.3, 0.4) is 0 Å². The van der Waals surface area contributed by atoms with E-state index in [4.69, 9.17) is 19.6 Å². The van der Waals surface area contributed by atoms with Crippen LogP contribution >= 0.6 is 0 Å². The summed E-state index contributed by atoms with van der Waals surface area (Å²) in [5.74, 6) is -2.05. The van der Waals surface area contributed by atoms with Crippen molar-refractivity contribution in [3.63, 3.8) is 0 Å². The van der Waals surface area contributed by atoms with E-state index in [0.29, 0.717) is 22.6 Å². The van der Waals surface area contributed by atoms with E-state index < -0.39 is 17.7 Å². The van der Waals surface area contributed by atoms with Gasteiger partial charge in [-0.2, -0.15) is 5.26 Å². The van der Waals surface area contributed by atoms with Crippen molar-refractivity contribution in [2.45, 2.75) is 18.9 Å². The smallest absolute Gasteiger partial charge is 0.550 e. The second-order valence-electron chi connectivity index (χ2n) is 7.26. The third-order valence-corrected chi connectivity index (χ3v) is 4.88. The first-order chi connectivity index (χ1) is 16.5. The van der Waals surface area contributed by atoms with Gasteiger partial charge in [0.2, 0.25) is 0 Å². The summed E-state index contributed by atoms with van der Waals surface area (Å²) in [4.78, 5) is 15.6. The molecule has 0 saturated heterocycles. The van der Waals surface area contributed by atoms with Crippen LogP contribution in [0.5, 0.6) is 11.5 Å². The first-order valence-corrected chi connectivity index (χ1v) is 10.4. The summed E-state index contributed by atoms with van der Waals surface area (Å²) in [7, 11) is 1.43. The maximum Gasteiger partial charge on any atom is 1.00 e. The molecule has 3 aromatic rings. The molecule has 0 amide bonds. The van der Waals surface area contributed by atoms with Gasteiger partial charge in [0.1, 0.15) is 31.8 Å². The van der Waals surface area contributed by atoms with E-state index in [9.17, 15) is 14.3 Å². The molecule has 0 N–H and O–H groups in total. The Morgan fingerprint density at radius 2 is 1.80 bits per heavy atom. The second-order valence-corrected chi connectivity index (χ2v) is 7.26. The molecular formula is C26H22FN2NaO5. The predicted molar refractivity (Wildman–Crippen MR) is 121 cm³/mol. The van der Waals surface area contributed by atoms with Crippen molar-refractivity contribution in [2.75, 3.05) is 13.7 Å². The fourth-order valence-electron chi connectivity index (χ4n) is 3.17. The SMILES string of the molecule is CON=C(COc1ccc(COc2ccc(C(C#N)CC(=O)[O-])cc2)cc1F)c1ccccc1.[Na+]. The van der Waals surface area contributed by atoms with Gasteiger partial charge in [0.25, 0.3) is 0 Å². The molecule has 0 heterocycles. The van der Waals surface area contributed by atoms with Crippen molar-refractivity contribution < 1.29 is 58.2 Å². The second kappa shape index (κ2) is 14.1. The van der Waals surface area contributed by atoms with Gasteiger partial charge in [-0.05, 0) is 35.4 Å². The van der Waals surface area contributed by atoms with Gasteiger partial charge in [0.05, 0.1) is 12.0 Å². The van der Waals surface area contributed by atoms with E-state index >= 15 is 0 Å². The Morgan fingerprint density at radius 3 is 2.40 bits per heavy atom. The third kappa shape index (κ3) is 8.41. The zero-order valence-electron chi connectivity index (χ0n) is 19.4.